The molecule has 3 rings (SSSR count). The number of nitrogens with zero attached hydrogens (tertiary/aromatic N) is 3. The zero-order valence-corrected chi connectivity index (χ0v) is 21.0. The van der Waals surface area contributed by atoms with E-state index < -0.39 is 41.8 Å². The Morgan fingerprint density at radius 2 is 1.94 bits per heavy atom. The number of hydrogen-bond acceptors (Lipinski definition) is 8. The third-order valence-corrected chi connectivity index (χ3v) is 14.2. The van der Waals surface area contributed by atoms with Crippen molar-refractivity contribution in [2.75, 3.05) is 11.6 Å². The summed E-state index contributed by atoms with van der Waals surface area (Å²) in [5.41, 5.74) is 1.34. The van der Waals surface area contributed by atoms with Gasteiger partial charge >= 0.3 is 188 Å². The van der Waals surface area contributed by atoms with E-state index >= 15 is 0 Å². The number of nitro groups is 1. The molecule has 2 aromatic carbocycles. The van der Waals surface area contributed by atoms with Gasteiger partial charge in [-0.2, -0.15) is 0 Å². The molecule has 1 heterocycles. The molecule has 0 saturated heterocycles. The van der Waals surface area contributed by atoms with Crippen molar-refractivity contribution in [3.63, 3.8) is 0 Å². The topological polar surface area (TPSA) is 128 Å². The molecule has 2 aromatic rings. The summed E-state index contributed by atoms with van der Waals surface area (Å²) in [6.07, 6.45) is 1.88. The van der Waals surface area contributed by atoms with Crippen molar-refractivity contribution < 1.29 is 27.2 Å². The quantitative estimate of drug-likeness (QED) is 0.365. The van der Waals surface area contributed by atoms with Gasteiger partial charge in [0.1, 0.15) is 0 Å². The Morgan fingerprint density at radius 3 is 2.61 bits per heavy atom. The molecule has 1 unspecified atom stereocenters. The van der Waals surface area contributed by atoms with Gasteiger partial charge < -0.3 is 0 Å². The van der Waals surface area contributed by atoms with Gasteiger partial charge in [-0.15, -0.1) is 0 Å². The molecule has 0 aliphatic carbocycles. The predicted octanol–water partition coefficient (Wildman–Crippen LogP) is 2.20. The van der Waals surface area contributed by atoms with Gasteiger partial charge in [-0.05, 0) is 0 Å². The van der Waals surface area contributed by atoms with Crippen LogP contribution in [0.3, 0.4) is 0 Å². The SMILES string of the molecule is CON(c1ccccc1C)S(=O)(=O)OC(=O)c1ccccc1[CH2][In]1[N]=CC[CH]1[N+](=O)[O-]. The summed E-state index contributed by atoms with van der Waals surface area (Å²) in [4.78, 5) is 28.7. The monoisotopic (exact) mass is 549 g/mol. The van der Waals surface area contributed by atoms with Crippen molar-refractivity contribution in [2.45, 2.75) is 21.3 Å². The first-order valence-electron chi connectivity index (χ1n) is 9.36. The number of rotatable bonds is 8. The molecule has 12 heteroatoms. The predicted molar refractivity (Wildman–Crippen MR) is 115 cm³/mol. The fourth-order valence-corrected chi connectivity index (χ4v) is 11.4. The number of aryl methyl sites for hydroxylation is 1. The van der Waals surface area contributed by atoms with Crippen LogP contribution in [0.2, 0.25) is 0 Å². The van der Waals surface area contributed by atoms with E-state index in [0.29, 0.717) is 26.2 Å². The third-order valence-electron chi connectivity index (χ3n) is 4.89. The number of carbonyl (C=O) groups excluding carboxylic acids is 1. The summed E-state index contributed by atoms with van der Waals surface area (Å²) in [6.45, 7) is 1.69. The molecule has 31 heavy (non-hydrogen) atoms. The summed E-state index contributed by atoms with van der Waals surface area (Å²) in [6, 6.07) is 12.9. The number of benzene rings is 2. The standard InChI is InChI=1S/C16H16NO5S.C3H4N2O2.In/c1-12-8-4-6-10-14(12)16(18)22-23(19,20)17(21-3)15-11-7-5-9-13(15)2;4-2-1-3-5(6)7;/h4-11H,1H2,2-3H3;2-3H,1H2;/q;-1;+1. The number of carbonyl (C=O) groups is 1. The minimum atomic E-state index is -4.62. The molecule has 0 fully saturated rings. The van der Waals surface area contributed by atoms with Crippen molar-refractivity contribution in [3.05, 3.63) is 75.3 Å². The molecule has 1 aliphatic rings. The second-order valence-corrected chi connectivity index (χ2v) is 15.7. The molecule has 0 aromatic heterocycles. The molecule has 1 aliphatic heterocycles. The van der Waals surface area contributed by atoms with Gasteiger partial charge in [0.25, 0.3) is 0 Å². The van der Waals surface area contributed by atoms with Crippen molar-refractivity contribution in [1.29, 1.82) is 0 Å². The zero-order valence-electron chi connectivity index (χ0n) is 16.9. The summed E-state index contributed by atoms with van der Waals surface area (Å²) < 4.78 is 34.9. The van der Waals surface area contributed by atoms with Gasteiger partial charge in [0.2, 0.25) is 0 Å². The van der Waals surface area contributed by atoms with Gasteiger partial charge in [-0.3, -0.25) is 0 Å². The molecule has 162 valence electrons. The van der Waals surface area contributed by atoms with E-state index in [4.69, 9.17) is 9.02 Å². The molecule has 1 atom stereocenters. The van der Waals surface area contributed by atoms with Gasteiger partial charge in [-0.1, -0.05) is 0 Å². The van der Waals surface area contributed by atoms with Crippen LogP contribution in [0.4, 0.5) is 5.69 Å². The summed E-state index contributed by atoms with van der Waals surface area (Å²) >= 11 is -3.00. The van der Waals surface area contributed by atoms with Gasteiger partial charge in [-0.25, -0.2) is 0 Å². The number of hydrogen-bond donors (Lipinski definition) is 0. The van der Waals surface area contributed by atoms with Crippen molar-refractivity contribution in [2.24, 2.45) is 2.98 Å². The fraction of sp³-hybridized carbons (Fsp3) is 0.263. The first-order chi connectivity index (χ1) is 14.7. The second kappa shape index (κ2) is 9.79. The van der Waals surface area contributed by atoms with E-state index in [1.807, 2.05) is 0 Å². The van der Waals surface area contributed by atoms with E-state index in [0.717, 1.165) is 7.11 Å². The molecule has 0 bridgehead atoms. The van der Waals surface area contributed by atoms with Crippen LogP contribution < -0.4 is 4.47 Å². The van der Waals surface area contributed by atoms with Crippen molar-refractivity contribution >= 4 is 49.9 Å². The summed E-state index contributed by atoms with van der Waals surface area (Å²) in [5, 5.41) is 11.3. The van der Waals surface area contributed by atoms with Crippen LogP contribution >= 0.6 is 0 Å². The molecular weight excluding hydrogens is 529 g/mol. The molecular formula is C19H20InN3O7S. The second-order valence-electron chi connectivity index (χ2n) is 6.87. The maximum absolute atomic E-state index is 12.8. The van der Waals surface area contributed by atoms with E-state index in [9.17, 15) is 23.3 Å². The average Bonchev–Trinajstić information content (AvgIpc) is 3.18. The Labute approximate surface area is 187 Å². The van der Waals surface area contributed by atoms with E-state index in [1.54, 1.807) is 49.5 Å². The first kappa shape index (κ1) is 23.2. The Hall–Kier alpha value is -2.44. The molecule has 0 spiro atoms. The number of anilines is 1. The summed E-state index contributed by atoms with van der Waals surface area (Å²) in [7, 11) is -3.47. The van der Waals surface area contributed by atoms with Crippen LogP contribution in [0.25, 0.3) is 0 Å². The zero-order chi connectivity index (χ0) is 22.6. The Morgan fingerprint density at radius 1 is 1.26 bits per heavy atom. The van der Waals surface area contributed by atoms with Crippen LogP contribution in [0.15, 0.2) is 51.5 Å². The molecule has 0 radical (unpaired) electrons. The van der Waals surface area contributed by atoms with Crippen LogP contribution in [0.1, 0.15) is 27.9 Å². The van der Waals surface area contributed by atoms with Crippen molar-refractivity contribution in [3.8, 4) is 0 Å². The summed E-state index contributed by atoms with van der Waals surface area (Å²) in [5.74, 6) is -1.09. The molecule has 0 amide bonds. The first-order valence-corrected chi connectivity index (χ1v) is 16.4. The van der Waals surface area contributed by atoms with Crippen LogP contribution in [-0.4, -0.2) is 58.2 Å². The normalized spacial score (nSPS) is 15.7. The van der Waals surface area contributed by atoms with Crippen LogP contribution in [0, 0.1) is 17.0 Å². The van der Waals surface area contributed by atoms with Crippen LogP contribution in [-0.2, 0) is 23.5 Å². The van der Waals surface area contributed by atoms with Crippen molar-refractivity contribution in [1.82, 2.24) is 0 Å². The Balaban J connectivity index is 1.84. The van der Waals surface area contributed by atoms with E-state index in [-0.39, 0.29) is 16.2 Å². The fourth-order valence-electron chi connectivity index (χ4n) is 3.35. The molecule has 0 saturated carbocycles. The average molecular weight is 549 g/mol. The van der Waals surface area contributed by atoms with Gasteiger partial charge in [0.15, 0.2) is 0 Å². The van der Waals surface area contributed by atoms with E-state index in [1.165, 1.54) is 12.1 Å². The molecule has 10 nitrogen and oxygen atoms in total. The molecule has 0 N–H and O–H groups in total. The minimum absolute atomic E-state index is 0.0350. The van der Waals surface area contributed by atoms with Gasteiger partial charge in [0, 0.05) is 0 Å². The van der Waals surface area contributed by atoms with Crippen LogP contribution in [0.5, 0.6) is 0 Å². The van der Waals surface area contributed by atoms with E-state index in [2.05, 4.69) is 2.98 Å². The Kier molecular flexibility index (Phi) is 7.34. The Bertz CT molecular complexity index is 1120. The number of para-hydroxylation sites is 1. The van der Waals surface area contributed by atoms with Gasteiger partial charge in [0.05, 0.1) is 0 Å². The third kappa shape index (κ3) is 5.25. The maximum atomic E-state index is 12.8.